The maximum Gasteiger partial charge on any atom is 0.298 e. The van der Waals surface area contributed by atoms with Crippen LogP contribution in [0.25, 0.3) is 33.9 Å². The number of carbonyl (C=O) groups excluding carboxylic acids is 3. The molecule has 33 heavy (non-hydrogen) atoms. The highest BCUT2D eigenvalue weighted by atomic mass is 16.5. The summed E-state index contributed by atoms with van der Waals surface area (Å²) in [6.07, 6.45) is 3.00. The van der Waals surface area contributed by atoms with Crippen LogP contribution in [0.3, 0.4) is 0 Å². The van der Waals surface area contributed by atoms with E-state index >= 15 is 0 Å². The number of hydrogen-bond donors (Lipinski definition) is 0. The normalized spacial score (nSPS) is 10.2. The van der Waals surface area contributed by atoms with Gasteiger partial charge in [0, 0.05) is 24.5 Å². The number of aromatic nitrogens is 3. The molecule has 0 radical (unpaired) electrons. The lowest BCUT2D eigenvalue weighted by Gasteiger charge is -2.11. The van der Waals surface area contributed by atoms with Crippen molar-refractivity contribution in [1.29, 1.82) is 0 Å². The quantitative estimate of drug-likeness (QED) is 0.360. The molecule has 4 rings (SSSR count). The number of benzene rings is 1. The molecule has 0 saturated carbocycles. The SMILES string of the molecule is O=COc1cccc(-c2cc(-c3cc(OC=O)ccn3)nc(-c3cc(OC=O)ccn3)c2)c1. The van der Waals surface area contributed by atoms with E-state index in [9.17, 15) is 14.4 Å². The van der Waals surface area contributed by atoms with E-state index < -0.39 is 0 Å². The van der Waals surface area contributed by atoms with Gasteiger partial charge in [0.2, 0.25) is 0 Å². The van der Waals surface area contributed by atoms with E-state index in [2.05, 4.69) is 15.0 Å². The molecular weight excluding hydrogens is 426 g/mol. The van der Waals surface area contributed by atoms with Crippen LogP contribution >= 0.6 is 0 Å². The second kappa shape index (κ2) is 9.92. The molecule has 0 spiro atoms. The summed E-state index contributed by atoms with van der Waals surface area (Å²) in [6, 6.07) is 16.8. The lowest BCUT2D eigenvalue weighted by atomic mass is 10.0. The van der Waals surface area contributed by atoms with Crippen LogP contribution in [0.5, 0.6) is 17.2 Å². The summed E-state index contributed by atoms with van der Waals surface area (Å²) >= 11 is 0. The van der Waals surface area contributed by atoms with Crippen molar-refractivity contribution in [3.8, 4) is 51.2 Å². The summed E-state index contributed by atoms with van der Waals surface area (Å²) in [5, 5.41) is 0. The second-order valence-electron chi connectivity index (χ2n) is 6.55. The first-order chi connectivity index (χ1) is 16.2. The summed E-state index contributed by atoms with van der Waals surface area (Å²) in [5.74, 6) is 0.996. The van der Waals surface area contributed by atoms with Crippen molar-refractivity contribution >= 4 is 19.4 Å². The minimum Gasteiger partial charge on any atom is -0.429 e. The number of carbonyl (C=O) groups is 3. The molecule has 0 aliphatic carbocycles. The highest BCUT2D eigenvalue weighted by Crippen LogP contribution is 2.32. The summed E-state index contributed by atoms with van der Waals surface area (Å²) in [4.78, 5) is 45.5. The molecule has 0 N–H and O–H groups in total. The third-order valence-corrected chi connectivity index (χ3v) is 4.53. The van der Waals surface area contributed by atoms with Gasteiger partial charge < -0.3 is 14.2 Å². The first-order valence-electron chi connectivity index (χ1n) is 9.56. The molecule has 0 bridgehead atoms. The number of rotatable bonds is 9. The molecule has 0 unspecified atom stereocenters. The van der Waals surface area contributed by atoms with Gasteiger partial charge in [0.05, 0.1) is 22.8 Å². The van der Waals surface area contributed by atoms with Crippen LogP contribution in [0.1, 0.15) is 0 Å². The van der Waals surface area contributed by atoms with Gasteiger partial charge in [0.15, 0.2) is 0 Å². The lowest BCUT2D eigenvalue weighted by molar-refractivity contribution is -0.121. The predicted molar refractivity (Wildman–Crippen MR) is 116 cm³/mol. The largest absolute Gasteiger partial charge is 0.429 e. The van der Waals surface area contributed by atoms with Gasteiger partial charge in [0.1, 0.15) is 17.2 Å². The van der Waals surface area contributed by atoms with Crippen LogP contribution in [-0.2, 0) is 14.4 Å². The van der Waals surface area contributed by atoms with Gasteiger partial charge in [-0.15, -0.1) is 0 Å². The van der Waals surface area contributed by atoms with E-state index in [1.54, 1.807) is 54.6 Å². The third kappa shape index (κ3) is 5.05. The topological polar surface area (TPSA) is 118 Å². The average Bonchev–Trinajstić information content (AvgIpc) is 2.85. The highest BCUT2D eigenvalue weighted by Gasteiger charge is 2.13. The molecule has 4 aromatic rings. The zero-order valence-corrected chi connectivity index (χ0v) is 17.0. The molecule has 0 aliphatic rings. The molecule has 9 heteroatoms. The van der Waals surface area contributed by atoms with Crippen molar-refractivity contribution in [2.45, 2.75) is 0 Å². The Balaban J connectivity index is 1.88. The monoisotopic (exact) mass is 441 g/mol. The molecule has 0 amide bonds. The fourth-order valence-electron chi connectivity index (χ4n) is 3.12. The Morgan fingerprint density at radius 3 is 1.58 bits per heavy atom. The fraction of sp³-hybridized carbons (Fsp3) is 0. The van der Waals surface area contributed by atoms with E-state index in [1.165, 1.54) is 12.4 Å². The molecule has 9 nitrogen and oxygen atoms in total. The van der Waals surface area contributed by atoms with Crippen molar-refractivity contribution in [3.05, 3.63) is 73.1 Å². The smallest absolute Gasteiger partial charge is 0.298 e. The maximum atomic E-state index is 10.7. The van der Waals surface area contributed by atoms with E-state index in [0.717, 1.165) is 11.1 Å². The fourth-order valence-corrected chi connectivity index (χ4v) is 3.12. The third-order valence-electron chi connectivity index (χ3n) is 4.53. The van der Waals surface area contributed by atoms with E-state index in [4.69, 9.17) is 14.2 Å². The van der Waals surface area contributed by atoms with Crippen LogP contribution in [0.15, 0.2) is 73.1 Å². The summed E-state index contributed by atoms with van der Waals surface area (Å²) < 4.78 is 14.8. The molecule has 162 valence electrons. The molecule has 0 aliphatic heterocycles. The second-order valence-corrected chi connectivity index (χ2v) is 6.55. The van der Waals surface area contributed by atoms with Crippen molar-refractivity contribution in [3.63, 3.8) is 0 Å². The van der Waals surface area contributed by atoms with Gasteiger partial charge in [-0.3, -0.25) is 24.4 Å². The summed E-state index contributed by atoms with van der Waals surface area (Å²) in [5.41, 5.74) is 3.35. The molecular formula is C24H15N3O6. The van der Waals surface area contributed by atoms with Crippen LogP contribution in [-0.4, -0.2) is 34.4 Å². The van der Waals surface area contributed by atoms with Crippen molar-refractivity contribution in [1.82, 2.24) is 15.0 Å². The molecule has 0 fully saturated rings. The van der Waals surface area contributed by atoms with Gasteiger partial charge >= 0.3 is 0 Å². The highest BCUT2D eigenvalue weighted by molar-refractivity contribution is 5.76. The van der Waals surface area contributed by atoms with Crippen molar-refractivity contribution < 1.29 is 28.6 Å². The van der Waals surface area contributed by atoms with Crippen LogP contribution in [0.4, 0.5) is 0 Å². The van der Waals surface area contributed by atoms with E-state index in [-0.39, 0.29) is 0 Å². The molecule has 0 atom stereocenters. The van der Waals surface area contributed by atoms with Gasteiger partial charge in [-0.05, 0) is 47.5 Å². The number of ether oxygens (including phenoxy) is 3. The molecule has 3 heterocycles. The van der Waals surface area contributed by atoms with Crippen LogP contribution in [0.2, 0.25) is 0 Å². The molecule has 1 aromatic carbocycles. The zero-order valence-electron chi connectivity index (χ0n) is 17.0. The summed E-state index contributed by atoms with van der Waals surface area (Å²) in [6.45, 7) is 1.01. The van der Waals surface area contributed by atoms with Crippen LogP contribution < -0.4 is 14.2 Å². The van der Waals surface area contributed by atoms with E-state index in [1.807, 2.05) is 6.07 Å². The number of hydrogen-bond acceptors (Lipinski definition) is 9. The van der Waals surface area contributed by atoms with Gasteiger partial charge in [-0.25, -0.2) is 4.98 Å². The zero-order chi connectivity index (χ0) is 23.0. The molecule has 0 saturated heterocycles. The Morgan fingerprint density at radius 1 is 0.545 bits per heavy atom. The maximum absolute atomic E-state index is 10.7. The van der Waals surface area contributed by atoms with Crippen molar-refractivity contribution in [2.24, 2.45) is 0 Å². The number of pyridine rings is 3. The van der Waals surface area contributed by atoms with Gasteiger partial charge in [-0.1, -0.05) is 12.1 Å². The summed E-state index contributed by atoms with van der Waals surface area (Å²) in [7, 11) is 0. The Morgan fingerprint density at radius 2 is 1.06 bits per heavy atom. The van der Waals surface area contributed by atoms with Crippen LogP contribution in [0, 0.1) is 0 Å². The first-order valence-corrected chi connectivity index (χ1v) is 9.56. The average molecular weight is 441 g/mol. The Kier molecular flexibility index (Phi) is 6.41. The Labute approximate surface area is 187 Å². The molecule has 3 aromatic heterocycles. The van der Waals surface area contributed by atoms with Gasteiger partial charge in [-0.2, -0.15) is 0 Å². The Bertz CT molecular complexity index is 1150. The first kappa shape index (κ1) is 21.3. The number of nitrogens with zero attached hydrogens (tertiary/aromatic N) is 3. The minimum atomic E-state index is 0.310. The van der Waals surface area contributed by atoms with Gasteiger partial charge in [0.25, 0.3) is 19.4 Å². The minimum absolute atomic E-state index is 0.310. The van der Waals surface area contributed by atoms with E-state index in [0.29, 0.717) is 59.4 Å². The Hall–Kier alpha value is -4.92. The lowest BCUT2D eigenvalue weighted by Crippen LogP contribution is -1.96. The predicted octanol–water partition coefficient (Wildman–Crippen LogP) is 3.48. The van der Waals surface area contributed by atoms with Crippen molar-refractivity contribution in [2.75, 3.05) is 0 Å². The standard InChI is InChI=1S/C24H15N3O6/c28-13-31-18-3-1-2-16(8-18)17-9-23(21-11-19(32-14-29)4-6-25-21)27-24(10-17)22-12-20(33-15-30)5-7-26-22/h1-15H.